The smallest absolute Gasteiger partial charge is 0.174 e. The maximum atomic E-state index is 14.2. The van der Waals surface area contributed by atoms with E-state index in [-0.39, 0.29) is 5.78 Å². The normalized spacial score (nSPS) is 19.4. The average molecular weight is 435 g/mol. The van der Waals surface area contributed by atoms with Crippen molar-refractivity contribution < 1.29 is 4.79 Å². The van der Waals surface area contributed by atoms with Crippen LogP contribution < -0.4 is 0 Å². The van der Waals surface area contributed by atoms with Crippen molar-refractivity contribution in [3.8, 4) is 0 Å². The number of allylic oxidation sites excluding steroid dienone is 2. The minimum atomic E-state index is -1.97. The molecule has 3 aromatic rings. The van der Waals surface area contributed by atoms with E-state index in [2.05, 4.69) is 99.6 Å². The quantitative estimate of drug-likeness (QED) is 0.382. The molecule has 1 nitrogen and oxygen atoms in total. The summed E-state index contributed by atoms with van der Waals surface area (Å²) in [5, 5.41) is 1.44. The van der Waals surface area contributed by atoms with Gasteiger partial charge in [-0.3, -0.25) is 4.79 Å². The van der Waals surface area contributed by atoms with Crippen LogP contribution in [0.15, 0.2) is 90.1 Å². The van der Waals surface area contributed by atoms with Gasteiger partial charge < -0.3 is 0 Å². The predicted molar refractivity (Wildman–Crippen MR) is 137 cm³/mol. The molecule has 0 saturated carbocycles. The summed E-state index contributed by atoms with van der Waals surface area (Å²) in [6, 6.07) is 31.4. The number of carbonyl (C=O) groups is 1. The van der Waals surface area contributed by atoms with Gasteiger partial charge in [-0.1, -0.05) is 124 Å². The molecule has 0 aromatic heterocycles. The molecule has 0 bridgehead atoms. The molecule has 0 heterocycles. The van der Waals surface area contributed by atoms with Gasteiger partial charge in [-0.25, -0.2) is 0 Å². The number of fused-ring (bicyclic) bond motifs is 4. The third-order valence-electron chi connectivity index (χ3n) is 8.00. The fourth-order valence-electron chi connectivity index (χ4n) is 6.28. The molecule has 0 saturated heterocycles. The summed E-state index contributed by atoms with van der Waals surface area (Å²) in [6.07, 6.45) is 3.85. The Labute approximate surface area is 192 Å². The van der Waals surface area contributed by atoms with Crippen molar-refractivity contribution in [2.45, 2.75) is 44.3 Å². The highest BCUT2D eigenvalue weighted by Gasteiger charge is 2.58. The van der Waals surface area contributed by atoms with E-state index in [1.165, 1.54) is 33.0 Å². The van der Waals surface area contributed by atoms with E-state index in [0.29, 0.717) is 0 Å². The molecule has 2 aliphatic carbocycles. The fraction of sp³-hybridized carbons (Fsp3) is 0.233. The number of ketones is 1. The summed E-state index contributed by atoms with van der Waals surface area (Å²) >= 11 is 0. The average Bonchev–Trinajstić information content (AvgIpc) is 3.16. The number of hydrogen-bond donors (Lipinski definition) is 0. The van der Waals surface area contributed by atoms with Crippen molar-refractivity contribution in [2.75, 3.05) is 0 Å². The molecule has 1 spiro atoms. The monoisotopic (exact) mass is 434 g/mol. The van der Waals surface area contributed by atoms with Crippen LogP contribution in [-0.2, 0) is 10.2 Å². The molecule has 0 radical (unpaired) electrons. The van der Waals surface area contributed by atoms with Gasteiger partial charge in [0.05, 0.1) is 8.07 Å². The molecule has 2 aliphatic rings. The Kier molecular flexibility index (Phi) is 5.14. The van der Waals surface area contributed by atoms with Gasteiger partial charge in [-0.05, 0) is 44.7 Å². The molecular weight excluding hydrogens is 404 g/mol. The molecule has 5 rings (SSSR count). The molecule has 0 fully saturated rings. The summed E-state index contributed by atoms with van der Waals surface area (Å²) in [5.74, 6) is 0.219. The molecular formula is C30H30OSi. The first kappa shape index (κ1) is 20.9. The van der Waals surface area contributed by atoms with E-state index in [4.69, 9.17) is 0 Å². The summed E-state index contributed by atoms with van der Waals surface area (Å²) in [6.45, 7) is 7.04. The zero-order chi connectivity index (χ0) is 22.3. The van der Waals surface area contributed by atoms with Crippen LogP contribution in [0.5, 0.6) is 0 Å². The number of benzene rings is 3. The van der Waals surface area contributed by atoms with Crippen molar-refractivity contribution in [3.63, 3.8) is 0 Å². The summed E-state index contributed by atoms with van der Waals surface area (Å²) < 4.78 is 0. The number of rotatable bonds is 5. The molecule has 32 heavy (non-hydrogen) atoms. The summed E-state index contributed by atoms with van der Waals surface area (Å²) in [5.41, 5.74) is 6.58. The molecule has 2 heteroatoms. The highest BCUT2D eigenvalue weighted by atomic mass is 28.3. The maximum absolute atomic E-state index is 14.2. The first-order chi connectivity index (χ1) is 15.6. The number of hydrogen-bond acceptors (Lipinski definition) is 1. The van der Waals surface area contributed by atoms with Crippen molar-refractivity contribution >= 4 is 25.5 Å². The van der Waals surface area contributed by atoms with Crippen LogP contribution in [0.25, 0.3) is 11.6 Å². The number of carbonyl (C=O) groups excluding carboxylic acids is 1. The van der Waals surface area contributed by atoms with Crippen LogP contribution in [0.2, 0.25) is 18.1 Å². The maximum Gasteiger partial charge on any atom is 0.174 e. The minimum absolute atomic E-state index is 0.219. The molecule has 3 aromatic carbocycles. The third-order valence-corrected chi connectivity index (χ3v) is 13.7. The Hall–Kier alpha value is -2.97. The van der Waals surface area contributed by atoms with Crippen LogP contribution in [-0.4, -0.2) is 13.9 Å². The lowest BCUT2D eigenvalue weighted by atomic mass is 9.68. The largest absolute Gasteiger partial charge is 0.293 e. The van der Waals surface area contributed by atoms with Gasteiger partial charge in [-0.15, -0.1) is 0 Å². The molecule has 1 unspecified atom stereocenters. The first-order valence-corrected chi connectivity index (χ1v) is 14.5. The van der Waals surface area contributed by atoms with E-state index >= 15 is 0 Å². The first-order valence-electron chi connectivity index (χ1n) is 11.9. The van der Waals surface area contributed by atoms with E-state index in [1.54, 1.807) is 0 Å². The van der Waals surface area contributed by atoms with Gasteiger partial charge in [0.15, 0.2) is 5.78 Å². The van der Waals surface area contributed by atoms with Crippen LogP contribution in [0.1, 0.15) is 48.6 Å². The molecule has 0 amide bonds. The van der Waals surface area contributed by atoms with Gasteiger partial charge >= 0.3 is 0 Å². The van der Waals surface area contributed by atoms with Crippen LogP contribution in [0, 0.1) is 0 Å². The van der Waals surface area contributed by atoms with Crippen molar-refractivity contribution in [1.82, 2.24) is 0 Å². The fourth-order valence-corrected chi connectivity index (χ4v) is 10.8. The zero-order valence-electron chi connectivity index (χ0n) is 19.2. The SMILES string of the molecule is CC[Si](CC)(CC)C1=C(c2ccccc2)c2ccccc2C12C(=O)C=Cc1ccccc12. The Bertz CT molecular complexity index is 1240. The zero-order valence-corrected chi connectivity index (χ0v) is 20.2. The van der Waals surface area contributed by atoms with Gasteiger partial charge in [-0.2, -0.15) is 0 Å². The third kappa shape index (κ3) is 2.66. The Balaban J connectivity index is 2.02. The summed E-state index contributed by atoms with van der Waals surface area (Å²) in [4.78, 5) is 14.2. The topological polar surface area (TPSA) is 17.1 Å². The van der Waals surface area contributed by atoms with E-state index in [9.17, 15) is 4.79 Å². The van der Waals surface area contributed by atoms with Gasteiger partial charge in [0, 0.05) is 0 Å². The Morgan fingerprint density at radius 3 is 1.97 bits per heavy atom. The van der Waals surface area contributed by atoms with Crippen LogP contribution in [0.4, 0.5) is 0 Å². The predicted octanol–water partition coefficient (Wildman–Crippen LogP) is 7.43. The standard InChI is InChI=1S/C30H30OSi/c1-4-32(5-2,6-3)29-28(23-15-8-7-9-16-23)24-17-11-13-19-26(24)30(29)25-18-12-10-14-22(25)20-21-27(30)31/h7-21H,4-6H2,1-3H3. The minimum Gasteiger partial charge on any atom is -0.293 e. The highest BCUT2D eigenvalue weighted by molar-refractivity contribution is 6.88. The molecule has 1 atom stereocenters. The second-order valence-electron chi connectivity index (χ2n) is 9.04. The van der Waals surface area contributed by atoms with E-state index < -0.39 is 13.5 Å². The van der Waals surface area contributed by atoms with Crippen molar-refractivity contribution in [1.29, 1.82) is 0 Å². The van der Waals surface area contributed by atoms with Crippen LogP contribution in [0.3, 0.4) is 0 Å². The van der Waals surface area contributed by atoms with E-state index in [1.807, 2.05) is 12.2 Å². The highest BCUT2D eigenvalue weighted by Crippen LogP contribution is 2.59. The lowest BCUT2D eigenvalue weighted by molar-refractivity contribution is -0.117. The lowest BCUT2D eigenvalue weighted by Gasteiger charge is -2.44. The second kappa shape index (κ2) is 7.86. The van der Waals surface area contributed by atoms with E-state index in [0.717, 1.165) is 23.7 Å². The Morgan fingerprint density at radius 2 is 1.28 bits per heavy atom. The van der Waals surface area contributed by atoms with Gasteiger partial charge in [0.1, 0.15) is 5.41 Å². The summed E-state index contributed by atoms with van der Waals surface area (Å²) in [7, 11) is -1.97. The van der Waals surface area contributed by atoms with Crippen molar-refractivity contribution in [3.05, 3.63) is 118 Å². The molecule has 160 valence electrons. The van der Waals surface area contributed by atoms with Gasteiger partial charge in [0.2, 0.25) is 0 Å². The van der Waals surface area contributed by atoms with Crippen molar-refractivity contribution in [2.24, 2.45) is 0 Å². The Morgan fingerprint density at radius 1 is 0.688 bits per heavy atom. The van der Waals surface area contributed by atoms with Gasteiger partial charge in [0.25, 0.3) is 0 Å². The molecule has 0 N–H and O–H groups in total. The second-order valence-corrected chi connectivity index (χ2v) is 14.2. The van der Waals surface area contributed by atoms with Crippen LogP contribution >= 0.6 is 0 Å². The lowest BCUT2D eigenvalue weighted by Crippen LogP contribution is -2.50. The molecule has 0 aliphatic heterocycles.